The molecule has 0 saturated heterocycles. The Morgan fingerprint density at radius 1 is 0.333 bits per heavy atom. The summed E-state index contributed by atoms with van der Waals surface area (Å²) < 4.78 is 12.3. The van der Waals surface area contributed by atoms with Gasteiger partial charge in [-0.1, -0.05) is 84.9 Å². The van der Waals surface area contributed by atoms with Crippen molar-refractivity contribution in [2.24, 2.45) is 0 Å². The van der Waals surface area contributed by atoms with Crippen molar-refractivity contribution in [1.29, 1.82) is 0 Å². The Kier molecular flexibility index (Phi) is 5.64. The van der Waals surface area contributed by atoms with Crippen LogP contribution in [-0.4, -0.2) is 24.9 Å². The number of fused-ring (bicyclic) bond motifs is 2. The SMILES string of the molecule is c1ccc(-c2nc(-c3ccccc3)nc(-c3cc(-c4nc5ccccc5o4)cc(-c4nc5ccccc5o4)c3)n2)cc1. The Balaban J connectivity index is 1.36. The predicted molar refractivity (Wildman–Crippen MR) is 162 cm³/mol. The van der Waals surface area contributed by atoms with Crippen molar-refractivity contribution < 1.29 is 8.83 Å². The molecule has 3 aromatic heterocycles. The van der Waals surface area contributed by atoms with Crippen molar-refractivity contribution in [3.05, 3.63) is 127 Å². The van der Waals surface area contributed by atoms with E-state index < -0.39 is 0 Å². The lowest BCUT2D eigenvalue weighted by Crippen LogP contribution is -2.00. The number of para-hydroxylation sites is 4. The van der Waals surface area contributed by atoms with Gasteiger partial charge in [0.2, 0.25) is 11.8 Å². The van der Waals surface area contributed by atoms with Crippen LogP contribution in [0.25, 0.3) is 79.3 Å². The zero-order valence-electron chi connectivity index (χ0n) is 22.2. The lowest BCUT2D eigenvalue weighted by atomic mass is 10.0. The molecule has 7 heteroatoms. The number of oxazole rings is 2. The first kappa shape index (κ1) is 23.9. The summed E-state index contributed by atoms with van der Waals surface area (Å²) >= 11 is 0. The van der Waals surface area contributed by atoms with E-state index >= 15 is 0 Å². The number of nitrogens with zero attached hydrogens (tertiary/aromatic N) is 5. The number of hydrogen-bond acceptors (Lipinski definition) is 7. The van der Waals surface area contributed by atoms with Crippen LogP contribution in [-0.2, 0) is 0 Å². The second-order valence-corrected chi connectivity index (χ2v) is 9.81. The summed E-state index contributed by atoms with van der Waals surface area (Å²) in [5, 5.41) is 0. The van der Waals surface area contributed by atoms with Crippen LogP contribution < -0.4 is 0 Å². The Morgan fingerprint density at radius 3 is 1.17 bits per heavy atom. The minimum absolute atomic E-state index is 0.482. The Labute approximate surface area is 240 Å². The van der Waals surface area contributed by atoms with Gasteiger partial charge in [0.25, 0.3) is 0 Å². The Hall–Kier alpha value is -5.95. The zero-order chi connectivity index (χ0) is 27.9. The molecule has 0 aliphatic rings. The highest BCUT2D eigenvalue weighted by Crippen LogP contribution is 2.35. The van der Waals surface area contributed by atoms with E-state index in [0.29, 0.717) is 40.4 Å². The van der Waals surface area contributed by atoms with Crippen molar-refractivity contribution in [2.45, 2.75) is 0 Å². The molecule has 0 atom stereocenters. The van der Waals surface area contributed by atoms with Gasteiger partial charge in [-0.3, -0.25) is 0 Å². The van der Waals surface area contributed by atoms with E-state index in [1.807, 2.05) is 127 Å². The summed E-state index contributed by atoms with van der Waals surface area (Å²) in [4.78, 5) is 24.2. The van der Waals surface area contributed by atoms with Crippen LogP contribution in [0, 0.1) is 0 Å². The second-order valence-electron chi connectivity index (χ2n) is 9.81. The monoisotopic (exact) mass is 543 g/mol. The van der Waals surface area contributed by atoms with E-state index in [2.05, 4.69) is 0 Å². The first-order valence-corrected chi connectivity index (χ1v) is 13.5. The molecule has 8 aromatic rings. The average molecular weight is 544 g/mol. The molecule has 3 heterocycles. The molecular weight excluding hydrogens is 522 g/mol. The Bertz CT molecular complexity index is 1990. The van der Waals surface area contributed by atoms with Gasteiger partial charge in [-0.15, -0.1) is 0 Å². The van der Waals surface area contributed by atoms with Gasteiger partial charge in [0.15, 0.2) is 28.6 Å². The highest BCUT2D eigenvalue weighted by molar-refractivity contribution is 5.82. The predicted octanol–water partition coefficient (Wildman–Crippen LogP) is 8.49. The summed E-state index contributed by atoms with van der Waals surface area (Å²) in [6.07, 6.45) is 0. The molecule has 198 valence electrons. The molecule has 0 amide bonds. The van der Waals surface area contributed by atoms with E-state index in [9.17, 15) is 0 Å². The van der Waals surface area contributed by atoms with Crippen LogP contribution in [0.1, 0.15) is 0 Å². The summed E-state index contributed by atoms with van der Waals surface area (Å²) in [7, 11) is 0. The second kappa shape index (κ2) is 9.91. The van der Waals surface area contributed by atoms with Gasteiger partial charge in [0, 0.05) is 27.8 Å². The van der Waals surface area contributed by atoms with Crippen LogP contribution in [0.2, 0.25) is 0 Å². The van der Waals surface area contributed by atoms with Crippen molar-refractivity contribution in [3.63, 3.8) is 0 Å². The molecule has 0 aliphatic heterocycles. The fourth-order valence-corrected chi connectivity index (χ4v) is 4.93. The maximum Gasteiger partial charge on any atom is 0.227 e. The van der Waals surface area contributed by atoms with Crippen LogP contribution in [0.5, 0.6) is 0 Å². The summed E-state index contributed by atoms with van der Waals surface area (Å²) in [5.41, 5.74) is 7.02. The van der Waals surface area contributed by atoms with Gasteiger partial charge in [-0.05, 0) is 42.5 Å². The third-order valence-corrected chi connectivity index (χ3v) is 6.97. The molecule has 0 unspecified atom stereocenters. The number of benzene rings is 5. The van der Waals surface area contributed by atoms with E-state index in [0.717, 1.165) is 38.9 Å². The maximum atomic E-state index is 6.17. The van der Waals surface area contributed by atoms with Crippen molar-refractivity contribution in [3.8, 4) is 57.1 Å². The molecule has 0 bridgehead atoms. The van der Waals surface area contributed by atoms with E-state index in [1.54, 1.807) is 0 Å². The molecule has 0 radical (unpaired) electrons. The first-order chi connectivity index (χ1) is 20.8. The van der Waals surface area contributed by atoms with Crippen LogP contribution >= 0.6 is 0 Å². The first-order valence-electron chi connectivity index (χ1n) is 13.5. The number of aromatic nitrogens is 5. The van der Waals surface area contributed by atoms with E-state index in [4.69, 9.17) is 33.8 Å². The van der Waals surface area contributed by atoms with Crippen LogP contribution in [0.3, 0.4) is 0 Å². The quantitative estimate of drug-likeness (QED) is 0.215. The third-order valence-electron chi connectivity index (χ3n) is 6.97. The van der Waals surface area contributed by atoms with E-state index in [-0.39, 0.29) is 0 Å². The highest BCUT2D eigenvalue weighted by atomic mass is 16.4. The summed E-state index contributed by atoms with van der Waals surface area (Å²) in [6, 6.07) is 41.1. The smallest absolute Gasteiger partial charge is 0.227 e. The third kappa shape index (κ3) is 4.39. The molecule has 0 fully saturated rings. The van der Waals surface area contributed by atoms with E-state index in [1.165, 1.54) is 0 Å². The molecular formula is C35H21N5O2. The molecule has 0 N–H and O–H groups in total. The largest absolute Gasteiger partial charge is 0.436 e. The summed E-state index contributed by atoms with van der Waals surface area (Å²) in [6.45, 7) is 0. The van der Waals surface area contributed by atoms with Crippen molar-refractivity contribution in [1.82, 2.24) is 24.9 Å². The number of hydrogen-bond donors (Lipinski definition) is 0. The van der Waals surface area contributed by atoms with Crippen LogP contribution in [0.4, 0.5) is 0 Å². The lowest BCUT2D eigenvalue weighted by Gasteiger charge is -2.10. The Morgan fingerprint density at radius 2 is 0.714 bits per heavy atom. The minimum Gasteiger partial charge on any atom is -0.436 e. The summed E-state index contributed by atoms with van der Waals surface area (Å²) in [5.74, 6) is 2.63. The molecule has 5 aromatic carbocycles. The standard InChI is InChI=1S/C35H21N5O2/c1-3-11-22(12-4-1)31-38-32(23-13-5-2-6-14-23)40-33(39-31)24-19-25(34-36-27-15-7-9-17-29(27)41-34)21-26(20-24)35-37-28-16-8-10-18-30(28)42-35/h1-21H. The fourth-order valence-electron chi connectivity index (χ4n) is 4.93. The normalized spacial score (nSPS) is 11.3. The van der Waals surface area contributed by atoms with Gasteiger partial charge in [-0.25, -0.2) is 24.9 Å². The maximum absolute atomic E-state index is 6.17. The zero-order valence-corrected chi connectivity index (χ0v) is 22.2. The molecule has 0 saturated carbocycles. The van der Waals surface area contributed by atoms with Gasteiger partial charge in [-0.2, -0.15) is 0 Å². The lowest BCUT2D eigenvalue weighted by molar-refractivity contribution is 0.617. The molecule has 0 spiro atoms. The minimum atomic E-state index is 0.482. The van der Waals surface area contributed by atoms with Crippen molar-refractivity contribution in [2.75, 3.05) is 0 Å². The van der Waals surface area contributed by atoms with Gasteiger partial charge < -0.3 is 8.83 Å². The molecule has 7 nitrogen and oxygen atoms in total. The fraction of sp³-hybridized carbons (Fsp3) is 0. The van der Waals surface area contributed by atoms with Gasteiger partial charge >= 0.3 is 0 Å². The highest BCUT2D eigenvalue weighted by Gasteiger charge is 2.18. The number of rotatable bonds is 5. The average Bonchev–Trinajstić information content (AvgIpc) is 3.70. The molecule has 42 heavy (non-hydrogen) atoms. The van der Waals surface area contributed by atoms with Gasteiger partial charge in [0.05, 0.1) is 0 Å². The van der Waals surface area contributed by atoms with Gasteiger partial charge in [0.1, 0.15) is 11.0 Å². The molecule has 8 rings (SSSR count). The molecule has 0 aliphatic carbocycles. The topological polar surface area (TPSA) is 90.7 Å². The van der Waals surface area contributed by atoms with Crippen molar-refractivity contribution >= 4 is 22.2 Å². The van der Waals surface area contributed by atoms with Crippen LogP contribution in [0.15, 0.2) is 136 Å².